The maximum atomic E-state index is 13.2. The molecule has 0 radical (unpaired) electrons. The van der Waals surface area contributed by atoms with E-state index in [-0.39, 0.29) is 18.1 Å². The molecule has 1 saturated carbocycles. The number of Topliss-reactive ketones (excluding diaryl/α,β-unsaturated/α-hetero) is 1. The second-order valence-corrected chi connectivity index (χ2v) is 8.47. The van der Waals surface area contributed by atoms with Crippen LogP contribution in [-0.2, 0) is 30.3 Å². The van der Waals surface area contributed by atoms with Crippen LogP contribution in [0.15, 0.2) is 30.3 Å². The molecule has 2 fully saturated rings. The number of carbonyl (C=O) groups is 4. The van der Waals surface area contributed by atoms with E-state index in [1.165, 1.54) is 13.3 Å². The molecule has 3 rings (SSSR count). The Kier molecular flexibility index (Phi) is 7.79. The van der Waals surface area contributed by atoms with E-state index in [1.54, 1.807) is 0 Å². The molecule has 2 aliphatic rings. The second kappa shape index (κ2) is 10.5. The minimum Gasteiger partial charge on any atom is -0.439 e. The minimum atomic E-state index is -1.12. The number of amides is 2. The second-order valence-electron chi connectivity index (χ2n) is 8.47. The van der Waals surface area contributed by atoms with Crippen molar-refractivity contribution in [2.24, 2.45) is 17.7 Å². The highest BCUT2D eigenvalue weighted by molar-refractivity contribution is 6.03. The van der Waals surface area contributed by atoms with Crippen LogP contribution in [0.1, 0.15) is 57.4 Å². The van der Waals surface area contributed by atoms with Gasteiger partial charge in [0.25, 0.3) is 5.91 Å². The summed E-state index contributed by atoms with van der Waals surface area (Å²) in [6, 6.07) is 8.52. The van der Waals surface area contributed by atoms with Crippen LogP contribution in [0.2, 0.25) is 0 Å². The predicted molar refractivity (Wildman–Crippen MR) is 113 cm³/mol. The van der Waals surface area contributed by atoms with E-state index in [4.69, 9.17) is 10.6 Å². The number of β-lactam (4-membered cyclic amide) rings is 1. The molecule has 168 valence electrons. The number of hydrogen-bond donors (Lipinski definition) is 2. The highest BCUT2D eigenvalue weighted by atomic mass is 16.6. The van der Waals surface area contributed by atoms with Gasteiger partial charge in [-0.3, -0.25) is 24.2 Å². The van der Waals surface area contributed by atoms with Gasteiger partial charge in [0, 0.05) is 13.3 Å². The van der Waals surface area contributed by atoms with Crippen LogP contribution in [0.25, 0.3) is 0 Å². The average molecular weight is 430 g/mol. The highest BCUT2D eigenvalue weighted by Crippen LogP contribution is 2.31. The molecule has 2 amide bonds. The third-order valence-corrected chi connectivity index (χ3v) is 6.17. The van der Waals surface area contributed by atoms with Gasteiger partial charge in [-0.2, -0.15) is 0 Å². The van der Waals surface area contributed by atoms with Gasteiger partial charge in [-0.1, -0.05) is 62.4 Å². The fourth-order valence-corrected chi connectivity index (χ4v) is 4.42. The third-order valence-electron chi connectivity index (χ3n) is 6.17. The Morgan fingerprint density at radius 2 is 1.84 bits per heavy atom. The van der Waals surface area contributed by atoms with Gasteiger partial charge in [0.05, 0.1) is 5.92 Å². The maximum absolute atomic E-state index is 13.2. The van der Waals surface area contributed by atoms with Crippen LogP contribution < -0.4 is 11.2 Å². The maximum Gasteiger partial charge on any atom is 0.304 e. The first-order valence-electron chi connectivity index (χ1n) is 11.0. The van der Waals surface area contributed by atoms with Crippen molar-refractivity contribution in [3.8, 4) is 0 Å². The molecule has 0 bridgehead atoms. The molecule has 1 aromatic carbocycles. The van der Waals surface area contributed by atoms with E-state index in [9.17, 15) is 19.2 Å². The normalized spacial score (nSPS) is 22.1. The number of ketones is 1. The summed E-state index contributed by atoms with van der Waals surface area (Å²) in [5.74, 6) is 3.55. The van der Waals surface area contributed by atoms with Crippen molar-refractivity contribution < 1.29 is 23.9 Å². The molecule has 8 nitrogen and oxygen atoms in total. The number of rotatable bonds is 9. The van der Waals surface area contributed by atoms with Gasteiger partial charge in [-0.25, -0.2) is 5.84 Å². The largest absolute Gasteiger partial charge is 0.439 e. The van der Waals surface area contributed by atoms with Crippen molar-refractivity contribution in [1.29, 1.82) is 0 Å². The zero-order valence-electron chi connectivity index (χ0n) is 17.9. The molecule has 3 atom stereocenters. The SMILES string of the molecule is CC(=O)O[C@@H]1NC(=O)[C@H]1N(N)C(=O)[C@@H](CC1CCCCC1)C(=O)CCc1ccccc1. The number of nitrogens with zero attached hydrogens (tertiary/aromatic N) is 1. The lowest BCUT2D eigenvalue weighted by atomic mass is 9.80. The summed E-state index contributed by atoms with van der Waals surface area (Å²) in [5.41, 5.74) is 1.03. The zero-order chi connectivity index (χ0) is 22.4. The molecule has 0 unspecified atom stereocenters. The number of esters is 1. The number of hydrogen-bond acceptors (Lipinski definition) is 6. The molecule has 1 aromatic rings. The lowest BCUT2D eigenvalue weighted by Gasteiger charge is -2.41. The molecule has 0 spiro atoms. The highest BCUT2D eigenvalue weighted by Gasteiger charge is 2.49. The fourth-order valence-electron chi connectivity index (χ4n) is 4.42. The van der Waals surface area contributed by atoms with Gasteiger partial charge in [0.1, 0.15) is 5.78 Å². The molecule has 1 heterocycles. The van der Waals surface area contributed by atoms with Gasteiger partial charge in [0.2, 0.25) is 12.1 Å². The Labute approximate surface area is 182 Å². The number of benzene rings is 1. The van der Waals surface area contributed by atoms with E-state index in [1.807, 2.05) is 30.3 Å². The Morgan fingerprint density at radius 3 is 2.45 bits per heavy atom. The molecule has 1 aliphatic heterocycles. The van der Waals surface area contributed by atoms with Crippen molar-refractivity contribution in [1.82, 2.24) is 10.3 Å². The first kappa shape index (κ1) is 22.9. The van der Waals surface area contributed by atoms with Crippen molar-refractivity contribution in [2.45, 2.75) is 70.6 Å². The Morgan fingerprint density at radius 1 is 1.16 bits per heavy atom. The minimum absolute atomic E-state index is 0.168. The van der Waals surface area contributed by atoms with E-state index >= 15 is 0 Å². The molecule has 3 N–H and O–H groups in total. The standard InChI is InChI=1S/C23H31N3O5/c1-15(27)31-22-20(21(29)25-22)26(24)23(30)18(14-17-10-6-3-7-11-17)19(28)13-12-16-8-4-2-5-9-16/h2,4-5,8-9,17-18,20,22H,3,6-7,10-14,24H2,1H3,(H,25,29)/t18-,20+,22-/m0/s1. The van der Waals surface area contributed by atoms with Crippen LogP contribution >= 0.6 is 0 Å². The summed E-state index contributed by atoms with van der Waals surface area (Å²) in [6.07, 6.45) is 5.54. The number of ether oxygens (including phenoxy) is 1. The van der Waals surface area contributed by atoms with Gasteiger partial charge < -0.3 is 10.1 Å². The molecular formula is C23H31N3O5. The quantitative estimate of drug-likeness (QED) is 0.154. The van der Waals surface area contributed by atoms with Crippen molar-refractivity contribution >= 4 is 23.6 Å². The Hall–Kier alpha value is -2.74. The average Bonchev–Trinajstić information content (AvgIpc) is 2.76. The Bertz CT molecular complexity index is 807. The zero-order valence-corrected chi connectivity index (χ0v) is 17.9. The third kappa shape index (κ3) is 5.91. The van der Waals surface area contributed by atoms with Crippen LogP contribution in [0, 0.1) is 11.8 Å². The van der Waals surface area contributed by atoms with Crippen molar-refractivity contribution in [3.05, 3.63) is 35.9 Å². The van der Waals surface area contributed by atoms with E-state index < -0.39 is 36.0 Å². The van der Waals surface area contributed by atoms with Crippen LogP contribution in [0.5, 0.6) is 0 Å². The molecule has 0 aromatic heterocycles. The first-order valence-corrected chi connectivity index (χ1v) is 11.0. The smallest absolute Gasteiger partial charge is 0.304 e. The summed E-state index contributed by atoms with van der Waals surface area (Å²) >= 11 is 0. The number of carbonyl (C=O) groups excluding carboxylic acids is 4. The molecule has 1 saturated heterocycles. The van der Waals surface area contributed by atoms with Crippen molar-refractivity contribution in [3.63, 3.8) is 0 Å². The summed E-state index contributed by atoms with van der Waals surface area (Å²) in [4.78, 5) is 49.6. The van der Waals surface area contributed by atoms with E-state index in [0.29, 0.717) is 12.8 Å². The van der Waals surface area contributed by atoms with Crippen molar-refractivity contribution in [2.75, 3.05) is 0 Å². The monoisotopic (exact) mass is 429 g/mol. The lowest BCUT2D eigenvalue weighted by Crippen LogP contribution is -2.73. The lowest BCUT2D eigenvalue weighted by molar-refractivity contribution is -0.176. The molecule has 1 aliphatic carbocycles. The van der Waals surface area contributed by atoms with Crippen LogP contribution in [0.4, 0.5) is 0 Å². The predicted octanol–water partition coefficient (Wildman–Crippen LogP) is 1.86. The number of aryl methyl sites for hydroxylation is 1. The van der Waals surface area contributed by atoms with E-state index in [0.717, 1.165) is 36.3 Å². The number of nitrogens with one attached hydrogen (secondary N) is 1. The fraction of sp³-hybridized carbons (Fsp3) is 0.565. The van der Waals surface area contributed by atoms with Crippen LogP contribution in [-0.4, -0.2) is 40.8 Å². The summed E-state index contributed by atoms with van der Waals surface area (Å²) < 4.78 is 5.01. The summed E-state index contributed by atoms with van der Waals surface area (Å²) in [7, 11) is 0. The van der Waals surface area contributed by atoms with Gasteiger partial charge in [0.15, 0.2) is 6.04 Å². The number of nitrogens with two attached hydrogens (primary N) is 1. The summed E-state index contributed by atoms with van der Waals surface area (Å²) in [5, 5.41) is 3.21. The topological polar surface area (TPSA) is 119 Å². The van der Waals surface area contributed by atoms with Gasteiger partial charge in [-0.15, -0.1) is 0 Å². The van der Waals surface area contributed by atoms with Gasteiger partial charge in [-0.05, 0) is 24.3 Å². The molecule has 8 heteroatoms. The number of hydrazine groups is 1. The van der Waals surface area contributed by atoms with E-state index in [2.05, 4.69) is 5.32 Å². The van der Waals surface area contributed by atoms with Crippen LogP contribution in [0.3, 0.4) is 0 Å². The first-order chi connectivity index (χ1) is 14.9. The van der Waals surface area contributed by atoms with Gasteiger partial charge >= 0.3 is 5.97 Å². The molecular weight excluding hydrogens is 398 g/mol. The molecule has 31 heavy (non-hydrogen) atoms. The summed E-state index contributed by atoms with van der Waals surface area (Å²) in [6.45, 7) is 1.21. The Balaban J connectivity index is 1.70.